The number of ether oxygens (including phenoxy) is 2. The fraction of sp³-hybridized carbons (Fsp3) is 0.143. The first-order chi connectivity index (χ1) is 8.22. The van der Waals surface area contributed by atoms with Gasteiger partial charge >= 0.3 is 0 Å². The molecule has 0 unspecified atom stereocenters. The van der Waals surface area contributed by atoms with Gasteiger partial charge in [-0.2, -0.15) is 0 Å². The molecule has 0 heterocycles. The third-order valence-corrected chi connectivity index (χ3v) is 2.53. The van der Waals surface area contributed by atoms with E-state index < -0.39 is 0 Å². The van der Waals surface area contributed by atoms with E-state index in [1.165, 1.54) is 0 Å². The Morgan fingerprint density at radius 3 is 2.24 bits per heavy atom. The van der Waals surface area contributed by atoms with Crippen LogP contribution in [0.25, 0.3) is 11.1 Å². The average molecular weight is 230 g/mol. The van der Waals surface area contributed by atoms with Gasteiger partial charge in [-0.3, -0.25) is 0 Å². The minimum Gasteiger partial charge on any atom is -0.508 e. The van der Waals surface area contributed by atoms with E-state index in [1.807, 2.05) is 30.3 Å². The van der Waals surface area contributed by atoms with Crippen LogP contribution in [0.1, 0.15) is 0 Å². The summed E-state index contributed by atoms with van der Waals surface area (Å²) in [6.45, 7) is 0. The van der Waals surface area contributed by atoms with Crippen LogP contribution in [-0.2, 0) is 0 Å². The fourth-order valence-corrected chi connectivity index (χ4v) is 1.67. The molecular weight excluding hydrogens is 216 g/mol. The van der Waals surface area contributed by atoms with Gasteiger partial charge in [0.05, 0.1) is 14.2 Å². The molecule has 0 aliphatic rings. The second-order valence-corrected chi connectivity index (χ2v) is 3.65. The minimum absolute atomic E-state index is 0.183. The number of phenolic OH excluding ortho intramolecular Hbond substituents is 1. The highest BCUT2D eigenvalue weighted by molar-refractivity contribution is 5.68. The summed E-state index contributed by atoms with van der Waals surface area (Å²) in [5, 5.41) is 9.60. The van der Waals surface area contributed by atoms with Crippen LogP contribution in [0.5, 0.6) is 17.2 Å². The Morgan fingerprint density at radius 1 is 0.824 bits per heavy atom. The van der Waals surface area contributed by atoms with Gasteiger partial charge in [-0.1, -0.05) is 12.1 Å². The Labute approximate surface area is 100 Å². The van der Waals surface area contributed by atoms with Crippen LogP contribution in [0.3, 0.4) is 0 Å². The van der Waals surface area contributed by atoms with E-state index in [4.69, 9.17) is 9.47 Å². The topological polar surface area (TPSA) is 38.7 Å². The van der Waals surface area contributed by atoms with Gasteiger partial charge in [0, 0.05) is 6.07 Å². The van der Waals surface area contributed by atoms with E-state index >= 15 is 0 Å². The molecule has 0 spiro atoms. The summed E-state index contributed by atoms with van der Waals surface area (Å²) in [7, 11) is 3.20. The van der Waals surface area contributed by atoms with Crippen molar-refractivity contribution in [1.82, 2.24) is 0 Å². The molecule has 0 bridgehead atoms. The van der Waals surface area contributed by atoms with Crippen LogP contribution in [0.15, 0.2) is 42.5 Å². The molecule has 2 aromatic carbocycles. The molecule has 88 valence electrons. The van der Waals surface area contributed by atoms with Crippen molar-refractivity contribution in [3.63, 3.8) is 0 Å². The van der Waals surface area contributed by atoms with Crippen molar-refractivity contribution >= 4 is 0 Å². The summed E-state index contributed by atoms with van der Waals surface area (Å²) in [6.07, 6.45) is 0. The van der Waals surface area contributed by atoms with Crippen LogP contribution < -0.4 is 9.47 Å². The Morgan fingerprint density at radius 2 is 1.53 bits per heavy atom. The first-order valence-electron chi connectivity index (χ1n) is 5.25. The summed E-state index contributed by atoms with van der Waals surface area (Å²) in [5.41, 5.74) is 1.86. The number of hydrogen-bond acceptors (Lipinski definition) is 3. The standard InChI is InChI=1S/C14H14O3/c1-16-13-5-3-4-10(7-13)11-6-12(15)9-14(8-11)17-2/h3-9,15H,1-2H3. The highest BCUT2D eigenvalue weighted by atomic mass is 16.5. The lowest BCUT2D eigenvalue weighted by Gasteiger charge is -2.07. The fourth-order valence-electron chi connectivity index (χ4n) is 1.67. The summed E-state index contributed by atoms with van der Waals surface area (Å²) in [5.74, 6) is 1.59. The van der Waals surface area contributed by atoms with Gasteiger partial charge < -0.3 is 14.6 Å². The second-order valence-electron chi connectivity index (χ2n) is 3.65. The van der Waals surface area contributed by atoms with Crippen molar-refractivity contribution < 1.29 is 14.6 Å². The van der Waals surface area contributed by atoms with Gasteiger partial charge in [0.1, 0.15) is 17.2 Å². The molecule has 2 aromatic rings. The predicted octanol–water partition coefficient (Wildman–Crippen LogP) is 3.08. The van der Waals surface area contributed by atoms with Crippen LogP contribution >= 0.6 is 0 Å². The van der Waals surface area contributed by atoms with Crippen LogP contribution in [-0.4, -0.2) is 19.3 Å². The first kappa shape index (κ1) is 11.3. The number of methoxy groups -OCH3 is 2. The molecule has 0 radical (unpaired) electrons. The molecule has 1 N–H and O–H groups in total. The molecular formula is C14H14O3. The zero-order valence-electron chi connectivity index (χ0n) is 9.81. The van der Waals surface area contributed by atoms with Gasteiger partial charge in [-0.05, 0) is 35.4 Å². The monoisotopic (exact) mass is 230 g/mol. The van der Waals surface area contributed by atoms with Crippen LogP contribution in [0.2, 0.25) is 0 Å². The molecule has 2 rings (SSSR count). The molecule has 0 fully saturated rings. The number of benzene rings is 2. The van der Waals surface area contributed by atoms with Gasteiger partial charge in [0.25, 0.3) is 0 Å². The molecule has 17 heavy (non-hydrogen) atoms. The highest BCUT2D eigenvalue weighted by Crippen LogP contribution is 2.30. The zero-order chi connectivity index (χ0) is 12.3. The Balaban J connectivity index is 2.47. The predicted molar refractivity (Wildman–Crippen MR) is 66.6 cm³/mol. The van der Waals surface area contributed by atoms with Gasteiger partial charge in [-0.15, -0.1) is 0 Å². The summed E-state index contributed by atoms with van der Waals surface area (Å²) in [4.78, 5) is 0. The largest absolute Gasteiger partial charge is 0.508 e. The molecule has 0 saturated carbocycles. The molecule has 0 aromatic heterocycles. The highest BCUT2D eigenvalue weighted by Gasteiger charge is 2.04. The maximum atomic E-state index is 9.60. The molecule has 0 amide bonds. The van der Waals surface area contributed by atoms with Crippen LogP contribution in [0, 0.1) is 0 Å². The maximum absolute atomic E-state index is 9.60. The van der Waals surface area contributed by atoms with E-state index in [9.17, 15) is 5.11 Å². The van der Waals surface area contributed by atoms with E-state index in [0.717, 1.165) is 16.9 Å². The molecule has 0 atom stereocenters. The van der Waals surface area contributed by atoms with Gasteiger partial charge in [0.15, 0.2) is 0 Å². The number of aromatic hydroxyl groups is 1. The van der Waals surface area contributed by atoms with Crippen molar-refractivity contribution in [2.75, 3.05) is 14.2 Å². The van der Waals surface area contributed by atoms with Crippen molar-refractivity contribution in [2.24, 2.45) is 0 Å². The quantitative estimate of drug-likeness (QED) is 0.880. The molecule has 0 saturated heterocycles. The molecule has 0 aliphatic carbocycles. The molecule has 0 aliphatic heterocycles. The smallest absolute Gasteiger partial charge is 0.123 e. The normalized spacial score (nSPS) is 10.0. The average Bonchev–Trinajstić information content (AvgIpc) is 2.38. The number of phenols is 1. The minimum atomic E-state index is 0.183. The van der Waals surface area contributed by atoms with E-state index in [-0.39, 0.29) is 5.75 Å². The maximum Gasteiger partial charge on any atom is 0.123 e. The Kier molecular flexibility index (Phi) is 3.19. The number of rotatable bonds is 3. The zero-order valence-corrected chi connectivity index (χ0v) is 9.81. The third kappa shape index (κ3) is 2.50. The lowest BCUT2D eigenvalue weighted by molar-refractivity contribution is 0.408. The van der Waals surface area contributed by atoms with E-state index in [1.54, 1.807) is 26.4 Å². The lowest BCUT2D eigenvalue weighted by Crippen LogP contribution is -1.86. The van der Waals surface area contributed by atoms with Crippen molar-refractivity contribution in [2.45, 2.75) is 0 Å². The molecule has 3 heteroatoms. The second kappa shape index (κ2) is 4.78. The Hall–Kier alpha value is -2.16. The van der Waals surface area contributed by atoms with Crippen molar-refractivity contribution in [3.05, 3.63) is 42.5 Å². The van der Waals surface area contributed by atoms with E-state index in [0.29, 0.717) is 5.75 Å². The van der Waals surface area contributed by atoms with Crippen LogP contribution in [0.4, 0.5) is 0 Å². The lowest BCUT2D eigenvalue weighted by atomic mass is 10.0. The van der Waals surface area contributed by atoms with Crippen molar-refractivity contribution in [3.8, 4) is 28.4 Å². The van der Waals surface area contributed by atoms with Gasteiger partial charge in [0.2, 0.25) is 0 Å². The Bertz CT molecular complexity index is 521. The third-order valence-electron chi connectivity index (χ3n) is 2.53. The SMILES string of the molecule is COc1cccc(-c2cc(O)cc(OC)c2)c1. The molecule has 3 nitrogen and oxygen atoms in total. The summed E-state index contributed by atoms with van der Waals surface area (Å²) in [6, 6.07) is 12.8. The van der Waals surface area contributed by atoms with Crippen molar-refractivity contribution in [1.29, 1.82) is 0 Å². The van der Waals surface area contributed by atoms with Gasteiger partial charge in [-0.25, -0.2) is 0 Å². The first-order valence-corrected chi connectivity index (χ1v) is 5.25. The summed E-state index contributed by atoms with van der Waals surface area (Å²) < 4.78 is 10.3. The number of hydrogen-bond donors (Lipinski definition) is 1. The summed E-state index contributed by atoms with van der Waals surface area (Å²) >= 11 is 0. The van der Waals surface area contributed by atoms with E-state index in [2.05, 4.69) is 0 Å².